The molecular weight excluding hydrogens is 188 g/mol. The molecule has 0 aliphatic heterocycles. The van der Waals surface area contributed by atoms with Crippen LogP contribution in [-0.2, 0) is 0 Å². The van der Waals surface area contributed by atoms with E-state index in [1.807, 2.05) is 0 Å². The Morgan fingerprint density at radius 3 is 2.57 bits per heavy atom. The Morgan fingerprint density at radius 1 is 1.36 bits per heavy atom. The van der Waals surface area contributed by atoms with Gasteiger partial charge in [-0.3, -0.25) is 0 Å². The Balaban J connectivity index is 3.06. The van der Waals surface area contributed by atoms with E-state index < -0.39 is 0 Å². The van der Waals surface area contributed by atoms with Crippen LogP contribution < -0.4 is 27.2 Å². The predicted molar refractivity (Wildman–Crippen MR) is 52.0 cm³/mol. The van der Waals surface area contributed by atoms with Crippen LogP contribution in [0.3, 0.4) is 0 Å². The maximum absolute atomic E-state index is 11.2. The van der Waals surface area contributed by atoms with Crippen molar-refractivity contribution < 1.29 is 9.84 Å². The molecule has 0 radical (unpaired) electrons. The highest BCUT2D eigenvalue weighted by Gasteiger charge is 2.12. The molecule has 0 aliphatic rings. The SMILES string of the molecule is Nc1nc(NCCO)c(N)[n+]([O-])c1N. The topological polar surface area (TPSA) is 150 Å². The van der Waals surface area contributed by atoms with Crippen molar-refractivity contribution in [2.45, 2.75) is 0 Å². The van der Waals surface area contributed by atoms with Gasteiger partial charge < -0.3 is 32.8 Å². The summed E-state index contributed by atoms with van der Waals surface area (Å²) in [7, 11) is 0. The first-order valence-electron chi connectivity index (χ1n) is 3.86. The van der Waals surface area contributed by atoms with Crippen molar-refractivity contribution in [3.8, 4) is 0 Å². The van der Waals surface area contributed by atoms with E-state index in [4.69, 9.17) is 22.3 Å². The fraction of sp³-hybridized carbons (Fsp3) is 0.333. The maximum atomic E-state index is 11.2. The van der Waals surface area contributed by atoms with Crippen molar-refractivity contribution in [2.75, 3.05) is 35.7 Å². The summed E-state index contributed by atoms with van der Waals surface area (Å²) < 4.78 is 0.280. The molecule has 0 amide bonds. The Kier molecular flexibility index (Phi) is 2.77. The molecule has 0 fully saturated rings. The molecule has 1 rings (SSSR count). The van der Waals surface area contributed by atoms with Gasteiger partial charge in [0, 0.05) is 6.54 Å². The fourth-order valence-corrected chi connectivity index (χ4v) is 0.869. The summed E-state index contributed by atoms with van der Waals surface area (Å²) in [5, 5.41) is 22.4. The first-order valence-corrected chi connectivity index (χ1v) is 3.86. The van der Waals surface area contributed by atoms with E-state index >= 15 is 0 Å². The monoisotopic (exact) mass is 200 g/mol. The van der Waals surface area contributed by atoms with Crippen LogP contribution in [0, 0.1) is 5.21 Å². The van der Waals surface area contributed by atoms with E-state index in [2.05, 4.69) is 10.3 Å². The molecule has 1 heterocycles. The van der Waals surface area contributed by atoms with Gasteiger partial charge in [0.25, 0.3) is 11.6 Å². The van der Waals surface area contributed by atoms with Crippen LogP contribution in [-0.4, -0.2) is 23.2 Å². The Bertz CT molecular complexity index is 342. The van der Waals surface area contributed by atoms with Crippen molar-refractivity contribution >= 4 is 23.3 Å². The van der Waals surface area contributed by atoms with E-state index in [1.54, 1.807) is 0 Å². The van der Waals surface area contributed by atoms with Crippen LogP contribution in [0.15, 0.2) is 0 Å². The average Bonchev–Trinajstić information content (AvgIpc) is 2.18. The van der Waals surface area contributed by atoms with Crippen molar-refractivity contribution in [1.82, 2.24) is 4.98 Å². The minimum Gasteiger partial charge on any atom is -0.740 e. The minimum atomic E-state index is -0.239. The molecule has 0 saturated heterocycles. The summed E-state index contributed by atoms with van der Waals surface area (Å²) >= 11 is 0. The number of rotatable bonds is 3. The molecule has 0 spiro atoms. The molecular formula is C6H12N6O2. The quantitative estimate of drug-likeness (QED) is 0.276. The summed E-state index contributed by atoms with van der Waals surface area (Å²) in [6.45, 7) is 0.116. The van der Waals surface area contributed by atoms with Crippen LogP contribution in [0.2, 0.25) is 0 Å². The highest BCUT2D eigenvalue weighted by molar-refractivity contribution is 5.61. The van der Waals surface area contributed by atoms with Gasteiger partial charge in [0.05, 0.1) is 6.61 Å². The molecule has 1 aromatic rings. The lowest BCUT2D eigenvalue weighted by atomic mass is 10.5. The number of nitrogens with two attached hydrogens (primary N) is 3. The van der Waals surface area contributed by atoms with E-state index in [-0.39, 0.29) is 41.2 Å². The van der Waals surface area contributed by atoms with Crippen molar-refractivity contribution in [3.63, 3.8) is 0 Å². The van der Waals surface area contributed by atoms with Gasteiger partial charge in [-0.05, 0) is 0 Å². The zero-order valence-corrected chi connectivity index (χ0v) is 7.40. The second kappa shape index (κ2) is 3.83. The first-order chi connectivity index (χ1) is 6.57. The second-order valence-electron chi connectivity index (χ2n) is 2.56. The van der Waals surface area contributed by atoms with E-state index in [0.29, 0.717) is 0 Å². The van der Waals surface area contributed by atoms with E-state index in [9.17, 15) is 5.21 Å². The smallest absolute Gasteiger partial charge is 0.263 e. The number of hydrogen-bond acceptors (Lipinski definition) is 7. The first kappa shape index (κ1) is 10.1. The van der Waals surface area contributed by atoms with Crippen molar-refractivity contribution in [3.05, 3.63) is 5.21 Å². The minimum absolute atomic E-state index is 0.102. The van der Waals surface area contributed by atoms with Gasteiger partial charge in [-0.2, -0.15) is 0 Å². The molecule has 0 saturated carbocycles. The van der Waals surface area contributed by atoms with Crippen LogP contribution in [0.25, 0.3) is 0 Å². The van der Waals surface area contributed by atoms with Crippen LogP contribution in [0.4, 0.5) is 23.3 Å². The van der Waals surface area contributed by atoms with Gasteiger partial charge in [0.1, 0.15) is 0 Å². The van der Waals surface area contributed by atoms with Crippen LogP contribution in [0.5, 0.6) is 0 Å². The lowest BCUT2D eigenvalue weighted by molar-refractivity contribution is -0.573. The number of hydrogen-bond donors (Lipinski definition) is 5. The molecule has 0 atom stereocenters. The largest absolute Gasteiger partial charge is 0.740 e. The zero-order chi connectivity index (χ0) is 10.7. The molecule has 0 aromatic carbocycles. The van der Waals surface area contributed by atoms with Gasteiger partial charge in [-0.25, -0.2) is 9.71 Å². The molecule has 8 N–H and O–H groups in total. The third-order valence-corrected chi connectivity index (χ3v) is 1.58. The fourth-order valence-electron chi connectivity index (χ4n) is 0.869. The maximum Gasteiger partial charge on any atom is 0.263 e. The molecule has 78 valence electrons. The second-order valence-corrected chi connectivity index (χ2v) is 2.56. The lowest BCUT2D eigenvalue weighted by Crippen LogP contribution is -2.37. The highest BCUT2D eigenvalue weighted by Crippen LogP contribution is 2.15. The number of aliphatic hydroxyl groups is 1. The molecule has 1 aromatic heterocycles. The predicted octanol–water partition coefficient (Wildman–Crippen LogP) is -2.13. The summed E-state index contributed by atoms with van der Waals surface area (Å²) in [5.74, 6) is -0.405. The standard InChI is InChI=1S/C6H12N6O2/c7-3-4(8)12(14)5(9)6(11-3)10-1-2-13/h13H,1-2,8-9H2,(H3,7,10,11). The van der Waals surface area contributed by atoms with Gasteiger partial charge in [0.15, 0.2) is 5.82 Å². The molecule has 0 bridgehead atoms. The van der Waals surface area contributed by atoms with Gasteiger partial charge in [-0.15, -0.1) is 0 Å². The lowest BCUT2D eigenvalue weighted by Gasteiger charge is -2.14. The summed E-state index contributed by atoms with van der Waals surface area (Å²) in [6, 6.07) is 0. The third-order valence-electron chi connectivity index (χ3n) is 1.58. The van der Waals surface area contributed by atoms with E-state index in [1.165, 1.54) is 0 Å². The summed E-state index contributed by atoms with van der Waals surface area (Å²) in [6.07, 6.45) is 0. The Morgan fingerprint density at radius 2 is 2.00 bits per heavy atom. The van der Waals surface area contributed by atoms with Crippen molar-refractivity contribution in [1.29, 1.82) is 0 Å². The van der Waals surface area contributed by atoms with Crippen LogP contribution >= 0.6 is 0 Å². The number of nitrogen functional groups attached to an aromatic ring is 3. The van der Waals surface area contributed by atoms with E-state index in [0.717, 1.165) is 0 Å². The Labute approximate surface area is 79.9 Å². The number of nitrogens with zero attached hydrogens (tertiary/aromatic N) is 2. The third kappa shape index (κ3) is 1.69. The van der Waals surface area contributed by atoms with Crippen molar-refractivity contribution in [2.24, 2.45) is 0 Å². The van der Waals surface area contributed by atoms with Gasteiger partial charge in [-0.1, -0.05) is 0 Å². The number of anilines is 4. The summed E-state index contributed by atoms with van der Waals surface area (Å²) in [4.78, 5) is 3.76. The zero-order valence-electron chi connectivity index (χ0n) is 7.40. The summed E-state index contributed by atoms with van der Waals surface area (Å²) in [5.41, 5.74) is 16.0. The number of aromatic nitrogens is 2. The molecule has 8 heteroatoms. The van der Waals surface area contributed by atoms with Gasteiger partial charge >= 0.3 is 0 Å². The molecule has 8 nitrogen and oxygen atoms in total. The molecule has 14 heavy (non-hydrogen) atoms. The van der Waals surface area contributed by atoms with Crippen LogP contribution in [0.1, 0.15) is 0 Å². The average molecular weight is 200 g/mol. The highest BCUT2D eigenvalue weighted by atomic mass is 16.5. The normalized spacial score (nSPS) is 10.1. The molecule has 0 unspecified atom stereocenters. The number of nitrogens with one attached hydrogen (secondary N) is 1. The molecule has 0 aliphatic carbocycles. The number of aliphatic hydroxyl groups excluding tert-OH is 1. The Hall–Kier alpha value is -1.96. The van der Waals surface area contributed by atoms with Gasteiger partial charge in [0.2, 0.25) is 5.82 Å².